The summed E-state index contributed by atoms with van der Waals surface area (Å²) in [7, 11) is 0. The van der Waals surface area contributed by atoms with Gasteiger partial charge in [0.05, 0.1) is 36.0 Å². The molecule has 2 aliphatic heterocycles. The first-order valence-electron chi connectivity index (χ1n) is 11.9. The van der Waals surface area contributed by atoms with Crippen molar-refractivity contribution in [3.05, 3.63) is 70.8 Å². The SMILES string of the molecule is C[C@@H](O[C@H]1OCCC(C2CCC(CN)O2)[C@H]1c1ccccc1)c1cc(C(F)(F)F)cc(C(F)(F)F)c1. The number of ether oxygens (including phenoxy) is 3. The molecule has 198 valence electrons. The molecule has 4 rings (SSSR count). The van der Waals surface area contributed by atoms with Crippen LogP contribution in [-0.4, -0.2) is 31.6 Å². The van der Waals surface area contributed by atoms with Crippen LogP contribution < -0.4 is 5.73 Å². The van der Waals surface area contributed by atoms with E-state index in [2.05, 4.69) is 0 Å². The number of alkyl halides is 6. The van der Waals surface area contributed by atoms with Gasteiger partial charge in [-0.2, -0.15) is 26.3 Å². The van der Waals surface area contributed by atoms with Gasteiger partial charge in [0.15, 0.2) is 6.29 Å². The van der Waals surface area contributed by atoms with E-state index in [0.29, 0.717) is 31.7 Å². The first-order valence-corrected chi connectivity index (χ1v) is 11.9. The highest BCUT2D eigenvalue weighted by Crippen LogP contribution is 2.44. The van der Waals surface area contributed by atoms with Crippen LogP contribution in [0.25, 0.3) is 0 Å². The monoisotopic (exact) mass is 517 g/mol. The molecule has 36 heavy (non-hydrogen) atoms. The number of benzene rings is 2. The van der Waals surface area contributed by atoms with E-state index in [-0.39, 0.29) is 35.7 Å². The van der Waals surface area contributed by atoms with Gasteiger partial charge in [0, 0.05) is 12.5 Å². The Hall–Kier alpha value is -2.14. The highest BCUT2D eigenvalue weighted by molar-refractivity contribution is 5.35. The van der Waals surface area contributed by atoms with Crippen LogP contribution in [0.4, 0.5) is 26.3 Å². The summed E-state index contributed by atoms with van der Waals surface area (Å²) < 4.78 is 98.4. The molecule has 0 bridgehead atoms. The van der Waals surface area contributed by atoms with Gasteiger partial charge in [-0.15, -0.1) is 0 Å². The molecule has 3 unspecified atom stereocenters. The fourth-order valence-corrected chi connectivity index (χ4v) is 5.14. The van der Waals surface area contributed by atoms with Crippen molar-refractivity contribution in [2.75, 3.05) is 13.2 Å². The van der Waals surface area contributed by atoms with E-state index in [1.54, 1.807) is 0 Å². The maximum Gasteiger partial charge on any atom is 0.416 e. The standard InChI is InChI=1S/C26H29F6NO3/c1-15(17-11-18(25(27,28)29)13-19(12-17)26(30,31)32)35-24-23(16-5-3-2-4-6-16)21(9-10-34-24)22-8-7-20(14-33)36-22/h2-6,11-13,15,20-24H,7-10,14,33H2,1H3/t15-,20?,21?,22?,23-,24-/m1/s1. The molecule has 0 saturated carbocycles. The van der Waals surface area contributed by atoms with E-state index >= 15 is 0 Å². The molecule has 6 atom stereocenters. The summed E-state index contributed by atoms with van der Waals surface area (Å²) in [5, 5.41) is 0. The van der Waals surface area contributed by atoms with E-state index in [4.69, 9.17) is 19.9 Å². The van der Waals surface area contributed by atoms with E-state index in [1.165, 1.54) is 6.92 Å². The molecule has 0 radical (unpaired) electrons. The Morgan fingerprint density at radius 2 is 1.58 bits per heavy atom. The van der Waals surface area contributed by atoms with Crippen LogP contribution in [0.2, 0.25) is 0 Å². The quantitative estimate of drug-likeness (QED) is 0.447. The average molecular weight is 518 g/mol. The predicted octanol–water partition coefficient (Wildman–Crippen LogP) is 6.45. The van der Waals surface area contributed by atoms with Crippen LogP contribution in [0, 0.1) is 5.92 Å². The van der Waals surface area contributed by atoms with Crippen LogP contribution in [0.15, 0.2) is 48.5 Å². The van der Waals surface area contributed by atoms with Gasteiger partial charge >= 0.3 is 12.4 Å². The fraction of sp³-hybridized carbons (Fsp3) is 0.538. The molecule has 0 spiro atoms. The summed E-state index contributed by atoms with van der Waals surface area (Å²) in [4.78, 5) is 0. The summed E-state index contributed by atoms with van der Waals surface area (Å²) in [6.07, 6.45) is -9.68. The van der Waals surface area contributed by atoms with Gasteiger partial charge in [0.1, 0.15) is 0 Å². The molecule has 2 heterocycles. The Bertz CT molecular complexity index is 981. The molecule has 0 aliphatic carbocycles. The number of halogens is 6. The summed E-state index contributed by atoms with van der Waals surface area (Å²) in [6.45, 7) is 2.17. The largest absolute Gasteiger partial charge is 0.416 e. The molecular formula is C26H29F6NO3. The Labute approximate surface area is 205 Å². The minimum absolute atomic E-state index is 0.0119. The Balaban J connectivity index is 1.64. The Morgan fingerprint density at radius 1 is 0.944 bits per heavy atom. The van der Waals surface area contributed by atoms with Crippen LogP contribution in [0.3, 0.4) is 0 Å². The predicted molar refractivity (Wildman–Crippen MR) is 120 cm³/mol. The lowest BCUT2D eigenvalue weighted by molar-refractivity contribution is -0.218. The molecule has 4 nitrogen and oxygen atoms in total. The van der Waals surface area contributed by atoms with Crippen LogP contribution in [-0.2, 0) is 26.6 Å². The highest BCUT2D eigenvalue weighted by atomic mass is 19.4. The van der Waals surface area contributed by atoms with E-state index in [0.717, 1.165) is 18.4 Å². The van der Waals surface area contributed by atoms with Gasteiger partial charge < -0.3 is 19.9 Å². The van der Waals surface area contributed by atoms with Crippen molar-refractivity contribution in [1.82, 2.24) is 0 Å². The molecule has 2 fully saturated rings. The second kappa shape index (κ2) is 10.7. The molecule has 2 aliphatic rings. The van der Waals surface area contributed by atoms with E-state index in [1.807, 2.05) is 30.3 Å². The number of hydrogen-bond acceptors (Lipinski definition) is 4. The van der Waals surface area contributed by atoms with E-state index < -0.39 is 35.9 Å². The molecular weight excluding hydrogens is 488 g/mol. The fourth-order valence-electron chi connectivity index (χ4n) is 5.14. The smallest absolute Gasteiger partial charge is 0.373 e. The van der Waals surface area contributed by atoms with Crippen molar-refractivity contribution < 1.29 is 40.6 Å². The maximum absolute atomic E-state index is 13.4. The zero-order valence-electron chi connectivity index (χ0n) is 19.7. The van der Waals surface area contributed by atoms with Gasteiger partial charge in [-0.1, -0.05) is 30.3 Å². The third kappa shape index (κ3) is 6.04. The summed E-state index contributed by atoms with van der Waals surface area (Å²) >= 11 is 0. The van der Waals surface area contributed by atoms with Gasteiger partial charge in [0.2, 0.25) is 0 Å². The van der Waals surface area contributed by atoms with Crippen molar-refractivity contribution in [3.8, 4) is 0 Å². The Kier molecular flexibility index (Phi) is 7.99. The lowest BCUT2D eigenvalue weighted by Gasteiger charge is -2.41. The third-order valence-corrected chi connectivity index (χ3v) is 6.97. The van der Waals surface area contributed by atoms with Crippen molar-refractivity contribution in [3.63, 3.8) is 0 Å². The third-order valence-electron chi connectivity index (χ3n) is 6.97. The minimum Gasteiger partial charge on any atom is -0.373 e. The van der Waals surface area contributed by atoms with Gasteiger partial charge in [-0.25, -0.2) is 0 Å². The molecule has 2 N–H and O–H groups in total. The lowest BCUT2D eigenvalue weighted by Crippen LogP contribution is -2.42. The average Bonchev–Trinajstić information content (AvgIpc) is 3.32. The van der Waals surface area contributed by atoms with Crippen molar-refractivity contribution in [2.24, 2.45) is 11.7 Å². The molecule has 10 heteroatoms. The summed E-state index contributed by atoms with van der Waals surface area (Å²) in [6, 6.07) is 10.9. The van der Waals surface area contributed by atoms with Gasteiger partial charge in [-0.3, -0.25) is 0 Å². The summed E-state index contributed by atoms with van der Waals surface area (Å²) in [5.74, 6) is -0.334. The first kappa shape index (κ1) is 26.9. The highest BCUT2D eigenvalue weighted by Gasteiger charge is 2.44. The summed E-state index contributed by atoms with van der Waals surface area (Å²) in [5.41, 5.74) is 3.70. The normalized spacial score (nSPS) is 28.3. The lowest BCUT2D eigenvalue weighted by atomic mass is 9.77. The molecule has 2 aromatic carbocycles. The molecule has 2 saturated heterocycles. The number of nitrogens with two attached hydrogens (primary N) is 1. The van der Waals surface area contributed by atoms with E-state index in [9.17, 15) is 26.3 Å². The zero-order valence-corrected chi connectivity index (χ0v) is 19.7. The molecule has 0 aromatic heterocycles. The number of rotatable bonds is 6. The van der Waals surface area contributed by atoms with Crippen LogP contribution in [0.5, 0.6) is 0 Å². The van der Waals surface area contributed by atoms with Crippen LogP contribution in [0.1, 0.15) is 60.5 Å². The zero-order chi connectivity index (χ0) is 26.1. The van der Waals surface area contributed by atoms with Crippen molar-refractivity contribution in [1.29, 1.82) is 0 Å². The van der Waals surface area contributed by atoms with Gasteiger partial charge in [-0.05, 0) is 61.4 Å². The first-order chi connectivity index (χ1) is 17.0. The second-order valence-corrected chi connectivity index (χ2v) is 9.36. The van der Waals surface area contributed by atoms with Crippen molar-refractivity contribution in [2.45, 2.75) is 69.1 Å². The topological polar surface area (TPSA) is 53.7 Å². The number of hydrogen-bond donors (Lipinski definition) is 1. The van der Waals surface area contributed by atoms with Crippen molar-refractivity contribution >= 4 is 0 Å². The molecule has 2 aromatic rings. The molecule has 0 amide bonds. The maximum atomic E-state index is 13.4. The minimum atomic E-state index is -4.94. The van der Waals surface area contributed by atoms with Gasteiger partial charge in [0.25, 0.3) is 0 Å². The Morgan fingerprint density at radius 3 is 2.14 bits per heavy atom. The van der Waals surface area contributed by atoms with Crippen LogP contribution >= 0.6 is 0 Å². The second-order valence-electron chi connectivity index (χ2n) is 9.36.